The minimum Gasteiger partial charge on any atom is -0.380 e. The zero-order chi connectivity index (χ0) is 13.4. The van der Waals surface area contributed by atoms with Crippen LogP contribution in [0.1, 0.15) is 19.0 Å². The normalized spacial score (nSPS) is 21.4. The van der Waals surface area contributed by atoms with Crippen molar-refractivity contribution in [3.8, 4) is 0 Å². The zero-order valence-corrected chi connectivity index (χ0v) is 12.2. The van der Waals surface area contributed by atoms with Crippen molar-refractivity contribution in [3.05, 3.63) is 17.3 Å². The standard InChI is InChI=1S/C13H20N4OS/c1-9(14)7-11-12(15-13-17(11)5-6-19-13)16-4-3-10(8-16)18-2/h5-6,9-10H,3-4,7-8,14H2,1-2H3. The van der Waals surface area contributed by atoms with Gasteiger partial charge in [0.15, 0.2) is 10.8 Å². The smallest absolute Gasteiger partial charge is 0.195 e. The van der Waals surface area contributed by atoms with Crippen LogP contribution in [-0.2, 0) is 11.2 Å². The first-order valence-electron chi connectivity index (χ1n) is 6.66. The van der Waals surface area contributed by atoms with Crippen molar-refractivity contribution < 1.29 is 4.74 Å². The number of aromatic nitrogens is 2. The van der Waals surface area contributed by atoms with Crippen molar-refractivity contribution in [2.75, 3.05) is 25.1 Å². The van der Waals surface area contributed by atoms with Crippen LogP contribution in [0.25, 0.3) is 4.96 Å². The van der Waals surface area contributed by atoms with Crippen molar-refractivity contribution >= 4 is 22.1 Å². The predicted molar refractivity (Wildman–Crippen MR) is 78.0 cm³/mol. The predicted octanol–water partition coefficient (Wildman–Crippen LogP) is 1.51. The molecule has 5 nitrogen and oxygen atoms in total. The highest BCUT2D eigenvalue weighted by Crippen LogP contribution is 2.28. The van der Waals surface area contributed by atoms with Crippen molar-refractivity contribution in [1.82, 2.24) is 9.38 Å². The lowest BCUT2D eigenvalue weighted by molar-refractivity contribution is 0.121. The van der Waals surface area contributed by atoms with Crippen molar-refractivity contribution in [3.63, 3.8) is 0 Å². The number of hydrogen-bond donors (Lipinski definition) is 1. The molecule has 1 fully saturated rings. The molecule has 2 aromatic heterocycles. The van der Waals surface area contributed by atoms with Crippen LogP contribution in [0, 0.1) is 0 Å². The Morgan fingerprint density at radius 3 is 3.16 bits per heavy atom. The van der Waals surface area contributed by atoms with Crippen molar-refractivity contribution in [2.45, 2.75) is 31.9 Å². The molecule has 0 bridgehead atoms. The SMILES string of the molecule is COC1CCN(c2nc3sccn3c2CC(C)N)C1. The highest BCUT2D eigenvalue weighted by molar-refractivity contribution is 7.15. The van der Waals surface area contributed by atoms with Crippen LogP contribution in [0.4, 0.5) is 5.82 Å². The lowest BCUT2D eigenvalue weighted by atomic mass is 10.2. The van der Waals surface area contributed by atoms with Gasteiger partial charge in [-0.15, -0.1) is 11.3 Å². The summed E-state index contributed by atoms with van der Waals surface area (Å²) in [6.45, 7) is 3.97. The lowest BCUT2D eigenvalue weighted by Crippen LogP contribution is -2.25. The van der Waals surface area contributed by atoms with Gasteiger partial charge in [-0.3, -0.25) is 4.40 Å². The van der Waals surface area contributed by atoms with Gasteiger partial charge in [0.25, 0.3) is 0 Å². The third-order valence-corrected chi connectivity index (χ3v) is 4.39. The third kappa shape index (κ3) is 2.35. The Balaban J connectivity index is 1.95. The number of nitrogens with zero attached hydrogens (tertiary/aromatic N) is 3. The van der Waals surface area contributed by atoms with Gasteiger partial charge in [-0.2, -0.15) is 0 Å². The maximum Gasteiger partial charge on any atom is 0.195 e. The Morgan fingerprint density at radius 2 is 2.47 bits per heavy atom. The molecule has 2 unspecified atom stereocenters. The molecular formula is C13H20N4OS. The monoisotopic (exact) mass is 280 g/mol. The van der Waals surface area contributed by atoms with Gasteiger partial charge in [0.1, 0.15) is 0 Å². The highest BCUT2D eigenvalue weighted by Gasteiger charge is 2.27. The number of hydrogen-bond acceptors (Lipinski definition) is 5. The number of ether oxygens (including phenoxy) is 1. The molecule has 6 heteroatoms. The molecule has 1 saturated heterocycles. The van der Waals surface area contributed by atoms with Crippen LogP contribution in [0.2, 0.25) is 0 Å². The number of anilines is 1. The Kier molecular flexibility index (Phi) is 3.47. The second-order valence-corrected chi connectivity index (χ2v) is 6.08. The zero-order valence-electron chi connectivity index (χ0n) is 11.4. The van der Waals surface area contributed by atoms with Gasteiger partial charge in [-0.1, -0.05) is 0 Å². The van der Waals surface area contributed by atoms with E-state index in [9.17, 15) is 0 Å². The van der Waals surface area contributed by atoms with E-state index in [1.54, 1.807) is 18.4 Å². The van der Waals surface area contributed by atoms with Gasteiger partial charge in [-0.05, 0) is 13.3 Å². The van der Waals surface area contributed by atoms with Gasteiger partial charge < -0.3 is 15.4 Å². The Bertz CT molecular complexity index is 562. The minimum absolute atomic E-state index is 0.138. The molecule has 0 spiro atoms. The second kappa shape index (κ2) is 5.11. The van der Waals surface area contributed by atoms with Gasteiger partial charge in [0.05, 0.1) is 11.8 Å². The molecule has 3 heterocycles. The molecule has 2 atom stereocenters. The first-order valence-corrected chi connectivity index (χ1v) is 7.54. The van der Waals surface area contributed by atoms with E-state index in [0.717, 1.165) is 36.7 Å². The Morgan fingerprint density at radius 1 is 1.63 bits per heavy atom. The number of thiazole rings is 1. The lowest BCUT2D eigenvalue weighted by Gasteiger charge is -2.18. The van der Waals surface area contributed by atoms with Gasteiger partial charge in [0, 0.05) is 44.2 Å². The van der Waals surface area contributed by atoms with Crippen molar-refractivity contribution in [2.24, 2.45) is 5.73 Å². The molecule has 1 aliphatic heterocycles. The molecule has 0 amide bonds. The maximum absolute atomic E-state index is 5.98. The molecule has 104 valence electrons. The summed E-state index contributed by atoms with van der Waals surface area (Å²) < 4.78 is 7.61. The summed E-state index contributed by atoms with van der Waals surface area (Å²) in [6.07, 6.45) is 4.32. The van der Waals surface area contributed by atoms with Gasteiger partial charge in [0.2, 0.25) is 0 Å². The molecule has 0 aliphatic carbocycles. The molecule has 0 radical (unpaired) electrons. The summed E-state index contributed by atoms with van der Waals surface area (Å²) in [6, 6.07) is 0.138. The van der Waals surface area contributed by atoms with E-state index >= 15 is 0 Å². The van der Waals surface area contributed by atoms with Crippen LogP contribution in [-0.4, -0.2) is 41.7 Å². The summed E-state index contributed by atoms with van der Waals surface area (Å²) in [5, 5.41) is 2.07. The van der Waals surface area contributed by atoms with Crippen LogP contribution in [0.15, 0.2) is 11.6 Å². The number of rotatable bonds is 4. The fourth-order valence-corrected chi connectivity index (χ4v) is 3.41. The Hall–Kier alpha value is -1.11. The minimum atomic E-state index is 0.138. The summed E-state index contributed by atoms with van der Waals surface area (Å²) >= 11 is 1.67. The fraction of sp³-hybridized carbons (Fsp3) is 0.615. The molecule has 3 rings (SSSR count). The summed E-state index contributed by atoms with van der Waals surface area (Å²) in [5.74, 6) is 1.09. The van der Waals surface area contributed by atoms with Crippen LogP contribution in [0.3, 0.4) is 0 Å². The van der Waals surface area contributed by atoms with Crippen LogP contribution < -0.4 is 10.6 Å². The molecule has 19 heavy (non-hydrogen) atoms. The molecule has 2 aromatic rings. The molecule has 2 N–H and O–H groups in total. The molecule has 1 aliphatic rings. The van der Waals surface area contributed by atoms with E-state index in [1.807, 2.05) is 6.92 Å². The van der Waals surface area contributed by atoms with Crippen LogP contribution >= 0.6 is 11.3 Å². The summed E-state index contributed by atoms with van der Waals surface area (Å²) in [4.78, 5) is 8.15. The van der Waals surface area contributed by atoms with E-state index in [0.29, 0.717) is 6.10 Å². The fourth-order valence-electron chi connectivity index (χ4n) is 2.68. The summed E-state index contributed by atoms with van der Waals surface area (Å²) in [7, 11) is 1.78. The topological polar surface area (TPSA) is 55.8 Å². The number of imidazole rings is 1. The van der Waals surface area contributed by atoms with E-state index in [2.05, 4.69) is 20.9 Å². The van der Waals surface area contributed by atoms with Crippen LogP contribution in [0.5, 0.6) is 0 Å². The third-order valence-electron chi connectivity index (χ3n) is 3.63. The van der Waals surface area contributed by atoms with E-state index in [4.69, 9.17) is 15.5 Å². The quantitative estimate of drug-likeness (QED) is 0.922. The number of methoxy groups -OCH3 is 1. The molecule has 0 aromatic carbocycles. The molecule has 0 saturated carbocycles. The second-order valence-electron chi connectivity index (χ2n) is 5.21. The largest absolute Gasteiger partial charge is 0.380 e. The average molecular weight is 280 g/mol. The average Bonchev–Trinajstić information content (AvgIpc) is 3.04. The number of fused-ring (bicyclic) bond motifs is 1. The first kappa shape index (κ1) is 12.9. The Labute approximate surface area is 117 Å². The molecular weight excluding hydrogens is 260 g/mol. The van der Waals surface area contributed by atoms with Gasteiger partial charge >= 0.3 is 0 Å². The maximum atomic E-state index is 5.98. The summed E-state index contributed by atoms with van der Waals surface area (Å²) in [5.41, 5.74) is 7.21. The number of nitrogens with two attached hydrogens (primary N) is 1. The van der Waals surface area contributed by atoms with Gasteiger partial charge in [-0.25, -0.2) is 4.98 Å². The van der Waals surface area contributed by atoms with Crippen molar-refractivity contribution in [1.29, 1.82) is 0 Å². The first-order chi connectivity index (χ1) is 9.19. The van der Waals surface area contributed by atoms with E-state index in [1.165, 1.54) is 5.69 Å². The van der Waals surface area contributed by atoms with E-state index < -0.39 is 0 Å². The highest BCUT2D eigenvalue weighted by atomic mass is 32.1. The van der Waals surface area contributed by atoms with E-state index in [-0.39, 0.29) is 6.04 Å².